The topological polar surface area (TPSA) is 93.5 Å². The van der Waals surface area contributed by atoms with Crippen molar-refractivity contribution < 1.29 is 23.1 Å². The van der Waals surface area contributed by atoms with Gasteiger partial charge in [-0.15, -0.1) is 0 Å². The highest BCUT2D eigenvalue weighted by Crippen LogP contribution is 2.15. The molecule has 0 radical (unpaired) electrons. The molecule has 9 heteroatoms. The van der Waals surface area contributed by atoms with Crippen molar-refractivity contribution in [1.29, 1.82) is 0 Å². The summed E-state index contributed by atoms with van der Waals surface area (Å²) < 4.78 is 28.6. The summed E-state index contributed by atoms with van der Waals surface area (Å²) in [7, 11) is 0. The zero-order valence-electron chi connectivity index (χ0n) is 12.6. The standard InChI is InChI=1S/C14H19F2N3O3S/c1-23-6-5-11(19-14(17)21)12(20)18-8-9-3-2-4-10(7-9)22-13(15)16/h2-4,7,11,13H,5-6,8H2,1H3,(H,18,20)(H3,17,19,21)/t11-/m0/s1. The molecule has 1 atom stereocenters. The Morgan fingerprint density at radius 2 is 2.13 bits per heavy atom. The van der Waals surface area contributed by atoms with E-state index in [-0.39, 0.29) is 12.3 Å². The number of amides is 3. The number of alkyl halides is 2. The van der Waals surface area contributed by atoms with Crippen LogP contribution in [-0.4, -0.2) is 36.6 Å². The van der Waals surface area contributed by atoms with Crippen molar-refractivity contribution >= 4 is 23.7 Å². The summed E-state index contributed by atoms with van der Waals surface area (Å²) in [6.45, 7) is -2.79. The van der Waals surface area contributed by atoms with Crippen molar-refractivity contribution in [3.05, 3.63) is 29.8 Å². The summed E-state index contributed by atoms with van der Waals surface area (Å²) in [5.74, 6) is 0.301. The van der Waals surface area contributed by atoms with Gasteiger partial charge in [0.2, 0.25) is 5.91 Å². The number of carbonyl (C=O) groups excluding carboxylic acids is 2. The molecule has 1 aromatic rings. The largest absolute Gasteiger partial charge is 0.435 e. The molecule has 0 heterocycles. The molecule has 1 rings (SSSR count). The molecule has 3 amide bonds. The van der Waals surface area contributed by atoms with Crippen molar-refractivity contribution in [2.75, 3.05) is 12.0 Å². The molecule has 1 aromatic carbocycles. The van der Waals surface area contributed by atoms with Crippen LogP contribution in [0.2, 0.25) is 0 Å². The molecule has 128 valence electrons. The predicted molar refractivity (Wildman–Crippen MR) is 84.4 cm³/mol. The van der Waals surface area contributed by atoms with Crippen molar-refractivity contribution in [2.45, 2.75) is 25.6 Å². The van der Waals surface area contributed by atoms with E-state index in [1.54, 1.807) is 12.1 Å². The molecule has 0 unspecified atom stereocenters. The van der Waals surface area contributed by atoms with Gasteiger partial charge >= 0.3 is 12.6 Å². The van der Waals surface area contributed by atoms with Gasteiger partial charge in [-0.3, -0.25) is 4.79 Å². The van der Waals surface area contributed by atoms with Gasteiger partial charge < -0.3 is 21.1 Å². The quantitative estimate of drug-likeness (QED) is 0.634. The fraction of sp³-hybridized carbons (Fsp3) is 0.429. The Morgan fingerprint density at radius 3 is 2.74 bits per heavy atom. The Labute approximate surface area is 137 Å². The summed E-state index contributed by atoms with van der Waals surface area (Å²) in [4.78, 5) is 23.0. The van der Waals surface area contributed by atoms with Crippen LogP contribution in [0.4, 0.5) is 13.6 Å². The van der Waals surface area contributed by atoms with Crippen molar-refractivity contribution in [3.63, 3.8) is 0 Å². The molecule has 6 nitrogen and oxygen atoms in total. The van der Waals surface area contributed by atoms with Crippen molar-refractivity contribution in [3.8, 4) is 5.75 Å². The molecule has 0 fully saturated rings. The highest BCUT2D eigenvalue weighted by atomic mass is 32.2. The first-order valence-electron chi connectivity index (χ1n) is 6.78. The lowest BCUT2D eigenvalue weighted by molar-refractivity contribution is -0.123. The average Bonchev–Trinajstić information content (AvgIpc) is 2.48. The number of benzene rings is 1. The molecule has 0 saturated carbocycles. The van der Waals surface area contributed by atoms with E-state index in [0.29, 0.717) is 17.7 Å². The molecule has 0 aliphatic rings. The zero-order valence-corrected chi connectivity index (χ0v) is 13.4. The number of hydrogen-bond acceptors (Lipinski definition) is 4. The molecule has 0 spiro atoms. The zero-order chi connectivity index (χ0) is 17.2. The van der Waals surface area contributed by atoms with Gasteiger partial charge in [-0.05, 0) is 36.1 Å². The van der Waals surface area contributed by atoms with Crippen LogP contribution < -0.4 is 21.1 Å². The SMILES string of the molecule is CSCC[C@H](NC(N)=O)C(=O)NCc1cccc(OC(F)F)c1. The summed E-state index contributed by atoms with van der Waals surface area (Å²) in [5.41, 5.74) is 5.65. The summed E-state index contributed by atoms with van der Waals surface area (Å²) in [6.07, 6.45) is 2.32. The first-order chi connectivity index (χ1) is 10.9. The lowest BCUT2D eigenvalue weighted by atomic mass is 10.2. The van der Waals surface area contributed by atoms with Crippen LogP contribution in [0.15, 0.2) is 24.3 Å². The third-order valence-electron chi connectivity index (χ3n) is 2.83. The molecule has 23 heavy (non-hydrogen) atoms. The molecule has 0 aliphatic heterocycles. The Balaban J connectivity index is 2.60. The lowest BCUT2D eigenvalue weighted by Gasteiger charge is -2.17. The third-order valence-corrected chi connectivity index (χ3v) is 3.48. The van der Waals surface area contributed by atoms with Gasteiger partial charge in [-0.1, -0.05) is 12.1 Å². The molecule has 0 bridgehead atoms. The molecular weight excluding hydrogens is 328 g/mol. The minimum absolute atomic E-state index is 0.0148. The van der Waals surface area contributed by atoms with E-state index in [1.807, 2.05) is 6.26 Å². The second-order valence-electron chi connectivity index (χ2n) is 4.59. The van der Waals surface area contributed by atoms with Crippen molar-refractivity contribution in [1.82, 2.24) is 10.6 Å². The van der Waals surface area contributed by atoms with E-state index >= 15 is 0 Å². The van der Waals surface area contributed by atoms with Crippen LogP contribution in [0.1, 0.15) is 12.0 Å². The number of thioether (sulfide) groups is 1. The first-order valence-corrected chi connectivity index (χ1v) is 8.18. The normalized spacial score (nSPS) is 11.8. The van der Waals surface area contributed by atoms with Crippen LogP contribution in [0.5, 0.6) is 5.75 Å². The minimum Gasteiger partial charge on any atom is -0.435 e. The molecule has 0 aliphatic carbocycles. The number of nitrogens with two attached hydrogens (primary N) is 1. The molecular formula is C14H19F2N3O3S. The summed E-state index contributed by atoms with van der Waals surface area (Å²) >= 11 is 1.54. The number of hydrogen-bond donors (Lipinski definition) is 3. The monoisotopic (exact) mass is 347 g/mol. The molecule has 0 saturated heterocycles. The van der Waals surface area contributed by atoms with Crippen LogP contribution in [0.3, 0.4) is 0 Å². The number of nitrogens with one attached hydrogen (secondary N) is 2. The van der Waals surface area contributed by atoms with Gasteiger partial charge in [-0.25, -0.2) is 4.79 Å². The van der Waals surface area contributed by atoms with E-state index in [4.69, 9.17) is 5.73 Å². The second kappa shape index (κ2) is 9.88. The summed E-state index contributed by atoms with van der Waals surface area (Å²) in [6, 6.07) is 4.50. The van der Waals surface area contributed by atoms with Gasteiger partial charge in [0.25, 0.3) is 0 Å². The maximum atomic E-state index is 12.2. The van der Waals surface area contributed by atoms with Crippen LogP contribution in [-0.2, 0) is 11.3 Å². The second-order valence-corrected chi connectivity index (χ2v) is 5.57. The Morgan fingerprint density at radius 1 is 1.39 bits per heavy atom. The number of urea groups is 1. The number of halogens is 2. The molecule has 4 N–H and O–H groups in total. The third kappa shape index (κ3) is 7.68. The number of rotatable bonds is 9. The van der Waals surface area contributed by atoms with Crippen molar-refractivity contribution in [2.24, 2.45) is 5.73 Å². The highest BCUT2D eigenvalue weighted by Gasteiger charge is 2.19. The van der Waals surface area contributed by atoms with Gasteiger partial charge in [0.15, 0.2) is 0 Å². The number of ether oxygens (including phenoxy) is 1. The van der Waals surface area contributed by atoms with E-state index in [0.717, 1.165) is 0 Å². The smallest absolute Gasteiger partial charge is 0.387 e. The van der Waals surface area contributed by atoms with Gasteiger partial charge in [0.1, 0.15) is 11.8 Å². The van der Waals surface area contributed by atoms with E-state index < -0.39 is 24.6 Å². The fourth-order valence-electron chi connectivity index (χ4n) is 1.82. The average molecular weight is 347 g/mol. The fourth-order valence-corrected chi connectivity index (χ4v) is 2.29. The number of primary amides is 1. The van der Waals surface area contributed by atoms with E-state index in [9.17, 15) is 18.4 Å². The minimum atomic E-state index is -2.91. The Hall–Kier alpha value is -2.03. The highest BCUT2D eigenvalue weighted by molar-refractivity contribution is 7.98. The van der Waals surface area contributed by atoms with Crippen LogP contribution >= 0.6 is 11.8 Å². The van der Waals surface area contributed by atoms with Gasteiger partial charge in [0, 0.05) is 6.54 Å². The Kier molecular flexibility index (Phi) is 8.17. The van der Waals surface area contributed by atoms with Gasteiger partial charge in [-0.2, -0.15) is 20.5 Å². The van der Waals surface area contributed by atoms with Crippen LogP contribution in [0.25, 0.3) is 0 Å². The van der Waals surface area contributed by atoms with E-state index in [1.165, 1.54) is 23.9 Å². The molecule has 0 aromatic heterocycles. The summed E-state index contributed by atoms with van der Waals surface area (Å²) in [5, 5.41) is 5.01. The maximum Gasteiger partial charge on any atom is 0.387 e. The maximum absolute atomic E-state index is 12.2. The van der Waals surface area contributed by atoms with E-state index in [2.05, 4.69) is 15.4 Å². The number of carbonyl (C=O) groups is 2. The first kappa shape index (κ1) is 19.0. The van der Waals surface area contributed by atoms with Crippen LogP contribution in [0, 0.1) is 0 Å². The predicted octanol–water partition coefficient (Wildman–Crippen LogP) is 1.69. The van der Waals surface area contributed by atoms with Gasteiger partial charge in [0.05, 0.1) is 0 Å². The Bertz CT molecular complexity index is 532. The lowest BCUT2D eigenvalue weighted by Crippen LogP contribution is -2.48.